The Labute approximate surface area is 553 Å². The number of aliphatic hydroxyl groups excluding tert-OH is 11. The van der Waals surface area contributed by atoms with E-state index in [0.717, 1.165) is 83.5 Å². The van der Waals surface area contributed by atoms with Crippen molar-refractivity contribution in [3.8, 4) is 0 Å². The van der Waals surface area contributed by atoms with Crippen LogP contribution in [0.5, 0.6) is 0 Å². The lowest BCUT2D eigenvalue weighted by Gasteiger charge is -2.48. The largest absolute Gasteiger partial charge is 0.394 e. The molecule has 0 aromatic heterocycles. The van der Waals surface area contributed by atoms with E-state index in [9.17, 15) is 61.0 Å². The molecular weight excluding hydrogens is 1180 g/mol. The fourth-order valence-corrected chi connectivity index (χ4v) is 11.9. The molecule has 0 aromatic carbocycles. The van der Waals surface area contributed by atoms with Crippen molar-refractivity contribution in [2.24, 2.45) is 0 Å². The lowest BCUT2D eigenvalue weighted by atomic mass is 9.96. The number of carbonyl (C=O) groups is 1. The van der Waals surface area contributed by atoms with Crippen LogP contribution in [0.1, 0.15) is 251 Å². The highest BCUT2D eigenvalue weighted by Crippen LogP contribution is 2.33. The summed E-state index contributed by atoms with van der Waals surface area (Å²) in [7, 11) is 0. The maximum absolute atomic E-state index is 13.4. The summed E-state index contributed by atoms with van der Waals surface area (Å²) in [5.74, 6) is -0.278. The van der Waals surface area contributed by atoms with Crippen LogP contribution in [0.25, 0.3) is 0 Å². The number of hydrogen-bond donors (Lipinski definition) is 12. The van der Waals surface area contributed by atoms with Crippen molar-refractivity contribution >= 4 is 5.91 Å². The van der Waals surface area contributed by atoms with Gasteiger partial charge >= 0.3 is 0 Å². The summed E-state index contributed by atoms with van der Waals surface area (Å²) in [4.78, 5) is 13.4. The minimum atomic E-state index is -1.98. The van der Waals surface area contributed by atoms with Crippen LogP contribution in [-0.2, 0) is 33.2 Å². The van der Waals surface area contributed by atoms with Gasteiger partial charge in [0.2, 0.25) is 5.91 Å². The van der Waals surface area contributed by atoms with E-state index in [1.165, 1.54) is 141 Å². The van der Waals surface area contributed by atoms with Crippen LogP contribution in [0.3, 0.4) is 0 Å². The molecule has 0 aromatic rings. The van der Waals surface area contributed by atoms with Crippen molar-refractivity contribution in [2.45, 2.75) is 356 Å². The average Bonchev–Trinajstić information content (AvgIpc) is 0.834. The highest BCUT2D eigenvalue weighted by Gasteiger charge is 2.53. The smallest absolute Gasteiger partial charge is 0.220 e. The molecule has 3 heterocycles. The quantitative estimate of drug-likeness (QED) is 0.0199. The Kier molecular flexibility index (Phi) is 49.2. The number of hydrogen-bond acceptors (Lipinski definition) is 18. The summed E-state index contributed by atoms with van der Waals surface area (Å²) in [6.45, 7) is 1.63. The first kappa shape index (κ1) is 83.5. The number of nitrogens with one attached hydrogen (secondary N) is 1. The number of aliphatic hydroxyl groups is 11. The van der Waals surface area contributed by atoms with Crippen molar-refractivity contribution in [3.63, 3.8) is 0 Å². The van der Waals surface area contributed by atoms with Crippen LogP contribution in [0.4, 0.5) is 0 Å². The van der Waals surface area contributed by atoms with E-state index in [2.05, 4.69) is 79.9 Å². The van der Waals surface area contributed by atoms with Crippen LogP contribution in [0.15, 0.2) is 72.9 Å². The molecule has 0 spiro atoms. The molecular formula is C73H129NO18. The second kappa shape index (κ2) is 54.3. The number of rotatable bonds is 55. The molecule has 0 aliphatic carbocycles. The summed E-state index contributed by atoms with van der Waals surface area (Å²) in [6.07, 6.45) is 41.5. The van der Waals surface area contributed by atoms with Crippen molar-refractivity contribution in [1.82, 2.24) is 5.32 Å². The van der Waals surface area contributed by atoms with Gasteiger partial charge in [0.1, 0.15) is 73.2 Å². The first-order chi connectivity index (χ1) is 44.8. The van der Waals surface area contributed by atoms with E-state index in [1.54, 1.807) is 6.08 Å². The predicted octanol–water partition coefficient (Wildman–Crippen LogP) is 10.1. The Balaban J connectivity index is 1.41. The normalized spacial score (nSPS) is 28.1. The number of unbranched alkanes of at least 4 members (excludes halogenated alkanes) is 29. The molecule has 0 bridgehead atoms. The van der Waals surface area contributed by atoms with Gasteiger partial charge in [-0.3, -0.25) is 4.79 Å². The highest BCUT2D eigenvalue weighted by atomic mass is 16.8. The molecule has 534 valence electrons. The van der Waals surface area contributed by atoms with Gasteiger partial charge in [0, 0.05) is 6.42 Å². The third-order valence-corrected chi connectivity index (χ3v) is 17.8. The number of amides is 1. The standard InChI is InChI=1S/C73H129NO18/c1-3-5-7-9-11-13-15-17-19-21-23-24-25-26-27-28-29-30-31-32-33-35-37-39-41-43-45-47-49-51-61(79)74-56(57(78)50-48-46-44-42-40-38-36-34-22-20-18-16-14-12-10-8-6-4-2)55-87-71-67(85)64(82)69(59(53-76)89-71)92-73-68(86)65(83)70(60(54-77)90-73)91-72-66(84)63(81)62(80)58(52-75)88-72/h5,7,11,13,17,19,23-24,26-27,48,50,56-60,62-73,75-78,80-86H,3-4,6,8-10,12,14-16,18,20-22,25,28-47,49,51-55H2,1-2H3,(H,74,79)/b7-5-,13-11-,19-17-,24-23-,27-26-,50-48+. The number of ether oxygens (including phenoxy) is 6. The molecule has 0 saturated carbocycles. The van der Waals surface area contributed by atoms with Gasteiger partial charge in [-0.05, 0) is 64.2 Å². The van der Waals surface area contributed by atoms with E-state index >= 15 is 0 Å². The van der Waals surface area contributed by atoms with Crippen molar-refractivity contribution in [3.05, 3.63) is 72.9 Å². The third kappa shape index (κ3) is 35.5. The molecule has 0 radical (unpaired) electrons. The van der Waals surface area contributed by atoms with Gasteiger partial charge < -0.3 is 89.9 Å². The molecule has 1 amide bonds. The molecule has 3 fully saturated rings. The first-order valence-corrected chi connectivity index (χ1v) is 36.2. The first-order valence-electron chi connectivity index (χ1n) is 36.2. The van der Waals surface area contributed by atoms with E-state index in [4.69, 9.17) is 28.4 Å². The van der Waals surface area contributed by atoms with Crippen LogP contribution in [0.2, 0.25) is 0 Å². The Morgan fingerprint density at radius 2 is 0.750 bits per heavy atom. The Morgan fingerprint density at radius 1 is 0.402 bits per heavy atom. The fraction of sp³-hybridized carbons (Fsp3) is 0.822. The summed E-state index contributed by atoms with van der Waals surface area (Å²) >= 11 is 0. The van der Waals surface area contributed by atoms with E-state index in [-0.39, 0.29) is 18.9 Å². The zero-order chi connectivity index (χ0) is 66.8. The molecule has 3 aliphatic heterocycles. The molecule has 17 unspecified atom stereocenters. The topological polar surface area (TPSA) is 307 Å². The zero-order valence-electron chi connectivity index (χ0n) is 56.5. The minimum absolute atomic E-state index is 0.239. The Bertz CT molecular complexity index is 1950. The average molecular weight is 1310 g/mol. The molecule has 92 heavy (non-hydrogen) atoms. The SMILES string of the molecule is CC/C=C\C/C=C\C/C=C\C/C=C\C/C=C\CCCCCCCCCCCCCCCC(=O)NC(COC1OC(CO)C(OC2OC(CO)C(OC3OC(CO)C(O)C(O)C3O)C(O)C2O)C(O)C1O)C(O)/C=C/CCCCCCCCCCCCCCCCCC. The molecule has 17 atom stereocenters. The van der Waals surface area contributed by atoms with Crippen molar-refractivity contribution < 1.29 is 89.4 Å². The van der Waals surface area contributed by atoms with Gasteiger partial charge in [0.05, 0.1) is 38.6 Å². The van der Waals surface area contributed by atoms with Gasteiger partial charge in [-0.15, -0.1) is 0 Å². The Morgan fingerprint density at radius 3 is 1.17 bits per heavy atom. The van der Waals surface area contributed by atoms with Gasteiger partial charge in [-0.2, -0.15) is 0 Å². The summed E-state index contributed by atoms with van der Waals surface area (Å²) in [5, 5.41) is 121. The van der Waals surface area contributed by atoms with Gasteiger partial charge in [0.25, 0.3) is 0 Å². The van der Waals surface area contributed by atoms with Crippen LogP contribution in [0, 0.1) is 0 Å². The molecule has 19 nitrogen and oxygen atoms in total. The lowest BCUT2D eigenvalue weighted by Crippen LogP contribution is -2.66. The summed E-state index contributed by atoms with van der Waals surface area (Å²) in [6, 6.07) is -0.977. The third-order valence-electron chi connectivity index (χ3n) is 17.8. The van der Waals surface area contributed by atoms with E-state index < -0.39 is 124 Å². The molecule has 12 N–H and O–H groups in total. The van der Waals surface area contributed by atoms with E-state index in [0.29, 0.717) is 6.42 Å². The maximum Gasteiger partial charge on any atom is 0.220 e. The lowest BCUT2D eigenvalue weighted by molar-refractivity contribution is -0.379. The number of allylic oxidation sites excluding steroid dienone is 11. The fourth-order valence-electron chi connectivity index (χ4n) is 11.9. The predicted molar refractivity (Wildman–Crippen MR) is 360 cm³/mol. The van der Waals surface area contributed by atoms with Crippen LogP contribution < -0.4 is 5.32 Å². The summed E-state index contributed by atoms with van der Waals surface area (Å²) in [5.41, 5.74) is 0. The molecule has 19 heteroatoms. The second-order valence-electron chi connectivity index (χ2n) is 25.7. The van der Waals surface area contributed by atoms with Gasteiger partial charge in [-0.1, -0.05) is 254 Å². The van der Waals surface area contributed by atoms with Gasteiger partial charge in [-0.25, -0.2) is 0 Å². The zero-order valence-corrected chi connectivity index (χ0v) is 56.5. The van der Waals surface area contributed by atoms with Gasteiger partial charge in [0.15, 0.2) is 18.9 Å². The highest BCUT2D eigenvalue weighted by molar-refractivity contribution is 5.76. The van der Waals surface area contributed by atoms with Crippen molar-refractivity contribution in [1.29, 1.82) is 0 Å². The number of carbonyl (C=O) groups excluding carboxylic acids is 1. The second-order valence-corrected chi connectivity index (χ2v) is 25.7. The molecule has 3 saturated heterocycles. The monoisotopic (exact) mass is 1310 g/mol. The minimum Gasteiger partial charge on any atom is -0.394 e. The maximum atomic E-state index is 13.4. The van der Waals surface area contributed by atoms with Crippen molar-refractivity contribution in [2.75, 3.05) is 26.4 Å². The van der Waals surface area contributed by atoms with Crippen LogP contribution in [-0.4, -0.2) is 193 Å². The summed E-state index contributed by atoms with van der Waals surface area (Å²) < 4.78 is 34.4. The Hall–Kier alpha value is -2.77. The van der Waals surface area contributed by atoms with Crippen LogP contribution >= 0.6 is 0 Å². The molecule has 3 aliphatic rings. The van der Waals surface area contributed by atoms with E-state index in [1.807, 2.05) is 6.08 Å². The molecule has 3 rings (SSSR count).